The second-order valence-corrected chi connectivity index (χ2v) is 9.32. The largest absolute Gasteiger partial charge is 0.494 e. The number of aromatic nitrogens is 2. The predicted octanol–water partition coefficient (Wildman–Crippen LogP) is 5.29. The number of rotatable bonds is 5. The molecule has 6 nitrogen and oxygen atoms in total. The highest BCUT2D eigenvalue weighted by Crippen LogP contribution is 2.39. The number of anilines is 2. The van der Waals surface area contributed by atoms with E-state index < -0.39 is 0 Å². The average Bonchev–Trinajstić information content (AvgIpc) is 3.40. The SMILES string of the molecule is CCOc1cccc2sc(N3CCN(c4nc5c(OC)ccc(Cl)c5s4)CC3)nc12. The van der Waals surface area contributed by atoms with Crippen LogP contribution in [0.15, 0.2) is 30.3 Å². The highest BCUT2D eigenvalue weighted by Gasteiger charge is 2.24. The number of benzene rings is 2. The van der Waals surface area contributed by atoms with Crippen molar-refractivity contribution in [3.8, 4) is 11.5 Å². The van der Waals surface area contributed by atoms with Crippen molar-refractivity contribution in [2.75, 3.05) is 49.7 Å². The Labute approximate surface area is 187 Å². The van der Waals surface area contributed by atoms with Crippen LogP contribution in [0.4, 0.5) is 10.3 Å². The monoisotopic (exact) mass is 460 g/mol. The van der Waals surface area contributed by atoms with Crippen molar-refractivity contribution < 1.29 is 9.47 Å². The lowest BCUT2D eigenvalue weighted by molar-refractivity contribution is 0.344. The minimum absolute atomic E-state index is 0.640. The molecule has 0 saturated carbocycles. The van der Waals surface area contributed by atoms with Gasteiger partial charge in [-0.1, -0.05) is 40.3 Å². The molecule has 4 aromatic rings. The van der Waals surface area contributed by atoms with Crippen molar-refractivity contribution >= 4 is 65.0 Å². The summed E-state index contributed by atoms with van der Waals surface area (Å²) in [5, 5.41) is 2.75. The predicted molar refractivity (Wildman–Crippen MR) is 126 cm³/mol. The van der Waals surface area contributed by atoms with Gasteiger partial charge in [0.25, 0.3) is 0 Å². The average molecular weight is 461 g/mol. The zero-order valence-corrected chi connectivity index (χ0v) is 19.1. The summed E-state index contributed by atoms with van der Waals surface area (Å²) in [6, 6.07) is 9.86. The molecule has 30 heavy (non-hydrogen) atoms. The van der Waals surface area contributed by atoms with Gasteiger partial charge in [-0.25, -0.2) is 9.97 Å². The van der Waals surface area contributed by atoms with Gasteiger partial charge in [0.05, 0.1) is 28.1 Å². The molecule has 0 radical (unpaired) electrons. The van der Waals surface area contributed by atoms with Crippen LogP contribution < -0.4 is 19.3 Å². The Morgan fingerprint density at radius 3 is 2.33 bits per heavy atom. The van der Waals surface area contributed by atoms with Crippen LogP contribution in [0.1, 0.15) is 6.92 Å². The van der Waals surface area contributed by atoms with Gasteiger partial charge >= 0.3 is 0 Å². The maximum absolute atomic E-state index is 6.39. The number of hydrogen-bond donors (Lipinski definition) is 0. The van der Waals surface area contributed by atoms with E-state index in [-0.39, 0.29) is 0 Å². The first-order valence-electron chi connectivity index (χ1n) is 9.83. The minimum atomic E-state index is 0.640. The lowest BCUT2D eigenvalue weighted by Gasteiger charge is -2.34. The van der Waals surface area contributed by atoms with E-state index in [1.54, 1.807) is 29.8 Å². The summed E-state index contributed by atoms with van der Waals surface area (Å²) in [5.41, 5.74) is 1.79. The van der Waals surface area contributed by atoms with Gasteiger partial charge in [0.2, 0.25) is 0 Å². The molecule has 0 spiro atoms. The van der Waals surface area contributed by atoms with E-state index in [0.717, 1.165) is 68.4 Å². The third kappa shape index (κ3) is 3.42. The van der Waals surface area contributed by atoms with E-state index in [1.807, 2.05) is 31.2 Å². The fourth-order valence-corrected chi connectivity index (χ4v) is 5.99. The van der Waals surface area contributed by atoms with Crippen LogP contribution in [-0.4, -0.2) is 49.9 Å². The number of fused-ring (bicyclic) bond motifs is 2. The molecule has 1 saturated heterocycles. The van der Waals surface area contributed by atoms with Gasteiger partial charge in [-0.15, -0.1) is 0 Å². The number of methoxy groups -OCH3 is 1. The van der Waals surface area contributed by atoms with Crippen LogP contribution in [0.3, 0.4) is 0 Å². The Hall–Kier alpha value is -2.29. The normalized spacial score (nSPS) is 14.6. The molecule has 0 unspecified atom stereocenters. The highest BCUT2D eigenvalue weighted by atomic mass is 35.5. The Morgan fingerprint density at radius 1 is 0.933 bits per heavy atom. The second kappa shape index (κ2) is 8.09. The Kier molecular flexibility index (Phi) is 5.30. The summed E-state index contributed by atoms with van der Waals surface area (Å²) < 4.78 is 13.3. The van der Waals surface area contributed by atoms with Crippen molar-refractivity contribution in [3.63, 3.8) is 0 Å². The zero-order chi connectivity index (χ0) is 20.7. The summed E-state index contributed by atoms with van der Waals surface area (Å²) in [5.74, 6) is 1.62. The van der Waals surface area contributed by atoms with Crippen molar-refractivity contribution in [2.24, 2.45) is 0 Å². The van der Waals surface area contributed by atoms with E-state index in [1.165, 1.54) is 0 Å². The summed E-state index contributed by atoms with van der Waals surface area (Å²) in [6.07, 6.45) is 0. The van der Waals surface area contributed by atoms with E-state index in [4.69, 9.17) is 31.0 Å². The Balaban J connectivity index is 1.35. The molecule has 1 fully saturated rings. The first kappa shape index (κ1) is 19.7. The van der Waals surface area contributed by atoms with Gasteiger partial charge in [-0.2, -0.15) is 0 Å². The third-order valence-corrected chi connectivity index (χ3v) is 7.82. The minimum Gasteiger partial charge on any atom is -0.494 e. The molecule has 0 N–H and O–H groups in total. The van der Waals surface area contributed by atoms with Crippen molar-refractivity contribution in [2.45, 2.75) is 6.92 Å². The number of para-hydroxylation sites is 1. The standard InChI is InChI=1S/C21H21ClN4O2S2/c1-3-28-15-5-4-6-16-17(15)23-20(29-16)25-9-11-26(12-10-25)21-24-18-14(27-2)8-7-13(22)19(18)30-21/h4-8H,3,9-12H2,1-2H3. The van der Waals surface area contributed by atoms with Crippen LogP contribution >= 0.6 is 34.3 Å². The quantitative estimate of drug-likeness (QED) is 0.403. The number of piperazine rings is 1. The van der Waals surface area contributed by atoms with E-state index in [9.17, 15) is 0 Å². The molecule has 156 valence electrons. The molecular formula is C21H21ClN4O2S2. The van der Waals surface area contributed by atoms with Crippen LogP contribution in [0.2, 0.25) is 5.02 Å². The van der Waals surface area contributed by atoms with Gasteiger partial charge in [0, 0.05) is 26.2 Å². The lowest BCUT2D eigenvalue weighted by Crippen LogP contribution is -2.46. The van der Waals surface area contributed by atoms with E-state index in [2.05, 4.69) is 15.9 Å². The smallest absolute Gasteiger partial charge is 0.186 e. The summed E-state index contributed by atoms with van der Waals surface area (Å²) >= 11 is 9.73. The number of hydrogen-bond acceptors (Lipinski definition) is 8. The van der Waals surface area contributed by atoms with Crippen molar-refractivity contribution in [3.05, 3.63) is 35.4 Å². The molecule has 1 aliphatic heterocycles. The molecule has 0 bridgehead atoms. The summed E-state index contributed by atoms with van der Waals surface area (Å²) in [6.45, 7) is 6.19. The van der Waals surface area contributed by atoms with Crippen LogP contribution in [0, 0.1) is 0 Å². The molecule has 2 aromatic heterocycles. The second-order valence-electron chi connectivity index (χ2n) is 6.93. The van der Waals surface area contributed by atoms with Gasteiger partial charge < -0.3 is 19.3 Å². The molecule has 0 amide bonds. The highest BCUT2D eigenvalue weighted by molar-refractivity contribution is 7.23. The van der Waals surface area contributed by atoms with Gasteiger partial charge in [0.15, 0.2) is 10.3 Å². The number of halogens is 1. The fraction of sp³-hybridized carbons (Fsp3) is 0.333. The topological polar surface area (TPSA) is 50.7 Å². The molecule has 9 heteroatoms. The van der Waals surface area contributed by atoms with Crippen LogP contribution in [-0.2, 0) is 0 Å². The molecule has 1 aliphatic rings. The third-order valence-electron chi connectivity index (χ3n) is 5.16. The molecule has 0 aliphatic carbocycles. The van der Waals surface area contributed by atoms with Gasteiger partial charge in [0.1, 0.15) is 22.5 Å². The maximum Gasteiger partial charge on any atom is 0.186 e. The van der Waals surface area contributed by atoms with E-state index >= 15 is 0 Å². The lowest BCUT2D eigenvalue weighted by atomic mass is 10.3. The summed E-state index contributed by atoms with van der Waals surface area (Å²) in [4.78, 5) is 14.4. The van der Waals surface area contributed by atoms with E-state index in [0.29, 0.717) is 11.6 Å². The van der Waals surface area contributed by atoms with Gasteiger partial charge in [-0.05, 0) is 31.2 Å². The van der Waals surface area contributed by atoms with Crippen molar-refractivity contribution in [1.29, 1.82) is 0 Å². The number of ether oxygens (including phenoxy) is 2. The van der Waals surface area contributed by atoms with Crippen LogP contribution in [0.25, 0.3) is 20.4 Å². The Morgan fingerprint density at radius 2 is 1.63 bits per heavy atom. The fourth-order valence-electron chi connectivity index (χ4n) is 3.65. The summed E-state index contributed by atoms with van der Waals surface area (Å²) in [7, 11) is 1.66. The zero-order valence-electron chi connectivity index (χ0n) is 16.7. The number of thiazole rings is 2. The molecule has 2 aromatic carbocycles. The Bertz CT molecular complexity index is 1200. The van der Waals surface area contributed by atoms with Gasteiger partial charge in [-0.3, -0.25) is 0 Å². The van der Waals surface area contributed by atoms with Crippen molar-refractivity contribution in [1.82, 2.24) is 9.97 Å². The molecule has 5 rings (SSSR count). The van der Waals surface area contributed by atoms with Crippen LogP contribution in [0.5, 0.6) is 11.5 Å². The first-order valence-corrected chi connectivity index (χ1v) is 11.8. The molecular weight excluding hydrogens is 440 g/mol. The number of nitrogens with zero attached hydrogens (tertiary/aromatic N) is 4. The maximum atomic E-state index is 6.39. The molecule has 3 heterocycles. The molecule has 0 atom stereocenters. The first-order chi connectivity index (χ1) is 14.7.